The van der Waals surface area contributed by atoms with Gasteiger partial charge in [0.05, 0.1) is 42.2 Å². The molecule has 8 heteroatoms. The Morgan fingerprint density at radius 1 is 1.09 bits per heavy atom. The van der Waals surface area contributed by atoms with E-state index in [2.05, 4.69) is 11.9 Å². The van der Waals surface area contributed by atoms with Gasteiger partial charge in [0.2, 0.25) is 0 Å². The molecule has 0 amide bonds. The van der Waals surface area contributed by atoms with E-state index in [-0.39, 0.29) is 12.2 Å². The maximum Gasteiger partial charge on any atom is 0.338 e. The second-order valence-electron chi connectivity index (χ2n) is 7.99. The standard InChI is InChI=1S/C27H28N2O5S/c1-5-15-34-21-11-7-18(8-12-21)16-22-25(30)29-24(19-9-13-20(32-4)14-10-19)23(26(31)33-6-2)17(3)28-27(29)35-22/h7-14,16,24H,5-6,15H2,1-4H3/b22-16-/t24-/m1/s1. The largest absolute Gasteiger partial charge is 0.497 e. The zero-order chi connectivity index (χ0) is 24.9. The van der Waals surface area contributed by atoms with Crippen molar-refractivity contribution in [3.8, 4) is 11.5 Å². The molecular formula is C27H28N2O5S. The van der Waals surface area contributed by atoms with E-state index in [9.17, 15) is 9.59 Å². The van der Waals surface area contributed by atoms with Crippen LogP contribution in [0.5, 0.6) is 11.5 Å². The van der Waals surface area contributed by atoms with Crippen LogP contribution in [0.2, 0.25) is 0 Å². The minimum Gasteiger partial charge on any atom is -0.497 e. The molecule has 0 N–H and O–H groups in total. The average Bonchev–Trinajstić information content (AvgIpc) is 3.17. The fourth-order valence-electron chi connectivity index (χ4n) is 3.92. The van der Waals surface area contributed by atoms with Gasteiger partial charge in [0.15, 0.2) is 4.80 Å². The Morgan fingerprint density at radius 3 is 2.40 bits per heavy atom. The predicted molar refractivity (Wildman–Crippen MR) is 136 cm³/mol. The molecule has 182 valence electrons. The number of allylic oxidation sites excluding steroid dienone is 1. The predicted octanol–water partition coefficient (Wildman–Crippen LogP) is 3.60. The smallest absolute Gasteiger partial charge is 0.338 e. The van der Waals surface area contributed by atoms with Gasteiger partial charge in [-0.05, 0) is 61.7 Å². The monoisotopic (exact) mass is 492 g/mol. The third kappa shape index (κ3) is 5.07. The molecule has 1 aliphatic rings. The average molecular weight is 493 g/mol. The molecule has 1 aromatic heterocycles. The molecule has 2 heterocycles. The van der Waals surface area contributed by atoms with Gasteiger partial charge < -0.3 is 14.2 Å². The molecule has 3 aromatic rings. The van der Waals surface area contributed by atoms with Crippen LogP contribution in [-0.4, -0.2) is 30.9 Å². The number of ether oxygens (including phenoxy) is 3. The van der Waals surface area contributed by atoms with Crippen molar-refractivity contribution in [1.29, 1.82) is 0 Å². The first-order chi connectivity index (χ1) is 17.0. The molecular weight excluding hydrogens is 464 g/mol. The lowest BCUT2D eigenvalue weighted by atomic mass is 9.96. The Labute approximate surface area is 207 Å². The Kier molecular flexibility index (Phi) is 7.51. The van der Waals surface area contributed by atoms with Crippen molar-refractivity contribution in [3.05, 3.63) is 90.6 Å². The minimum absolute atomic E-state index is 0.213. The van der Waals surface area contributed by atoms with Crippen molar-refractivity contribution in [2.45, 2.75) is 33.2 Å². The number of carbonyl (C=O) groups excluding carboxylic acids is 1. The van der Waals surface area contributed by atoms with Crippen LogP contribution < -0.4 is 24.4 Å². The Hall–Kier alpha value is -3.65. The van der Waals surface area contributed by atoms with Gasteiger partial charge in [-0.2, -0.15) is 0 Å². The second-order valence-corrected chi connectivity index (χ2v) is 9.00. The summed E-state index contributed by atoms with van der Waals surface area (Å²) >= 11 is 1.30. The van der Waals surface area contributed by atoms with Crippen LogP contribution >= 0.6 is 11.3 Å². The topological polar surface area (TPSA) is 79.1 Å². The Morgan fingerprint density at radius 2 is 1.77 bits per heavy atom. The number of hydrogen-bond acceptors (Lipinski definition) is 7. The first-order valence-corrected chi connectivity index (χ1v) is 12.3. The maximum atomic E-state index is 13.6. The lowest BCUT2D eigenvalue weighted by Gasteiger charge is -2.24. The summed E-state index contributed by atoms with van der Waals surface area (Å²) in [5.41, 5.74) is 2.33. The van der Waals surface area contributed by atoms with Gasteiger partial charge in [0.25, 0.3) is 5.56 Å². The van der Waals surface area contributed by atoms with Gasteiger partial charge in [-0.15, -0.1) is 0 Å². The molecule has 0 radical (unpaired) electrons. The van der Waals surface area contributed by atoms with E-state index in [0.29, 0.717) is 33.0 Å². The van der Waals surface area contributed by atoms with E-state index in [1.165, 1.54) is 11.3 Å². The molecule has 0 spiro atoms. The number of thiazole rings is 1. The highest BCUT2D eigenvalue weighted by Gasteiger charge is 2.33. The van der Waals surface area contributed by atoms with Crippen molar-refractivity contribution < 1.29 is 19.0 Å². The van der Waals surface area contributed by atoms with Crippen LogP contribution in [0.25, 0.3) is 6.08 Å². The quantitative estimate of drug-likeness (QED) is 0.449. The summed E-state index contributed by atoms with van der Waals surface area (Å²) in [6.45, 7) is 6.47. The van der Waals surface area contributed by atoms with Crippen LogP contribution in [0.4, 0.5) is 0 Å². The van der Waals surface area contributed by atoms with Crippen LogP contribution in [0.1, 0.15) is 44.4 Å². The molecule has 0 aliphatic carbocycles. The second kappa shape index (κ2) is 10.7. The first kappa shape index (κ1) is 24.5. The van der Waals surface area contributed by atoms with Crippen molar-refractivity contribution in [2.75, 3.05) is 20.3 Å². The van der Waals surface area contributed by atoms with E-state index in [4.69, 9.17) is 14.2 Å². The van der Waals surface area contributed by atoms with E-state index in [0.717, 1.165) is 23.3 Å². The number of aromatic nitrogens is 1. The number of hydrogen-bond donors (Lipinski definition) is 0. The van der Waals surface area contributed by atoms with Crippen molar-refractivity contribution in [3.63, 3.8) is 0 Å². The van der Waals surface area contributed by atoms with E-state index < -0.39 is 12.0 Å². The van der Waals surface area contributed by atoms with Gasteiger partial charge >= 0.3 is 5.97 Å². The number of nitrogens with zero attached hydrogens (tertiary/aromatic N) is 2. The van der Waals surface area contributed by atoms with Crippen molar-refractivity contribution in [1.82, 2.24) is 4.57 Å². The molecule has 35 heavy (non-hydrogen) atoms. The van der Waals surface area contributed by atoms with Gasteiger partial charge in [-0.1, -0.05) is 42.5 Å². The summed E-state index contributed by atoms with van der Waals surface area (Å²) in [6, 6.07) is 14.3. The molecule has 7 nitrogen and oxygen atoms in total. The number of methoxy groups -OCH3 is 1. The molecule has 0 saturated carbocycles. The third-order valence-corrected chi connectivity index (χ3v) is 6.58. The number of esters is 1. The molecule has 1 atom stereocenters. The number of rotatable bonds is 8. The lowest BCUT2D eigenvalue weighted by Crippen LogP contribution is -2.39. The number of fused-ring (bicyclic) bond motifs is 1. The highest BCUT2D eigenvalue weighted by atomic mass is 32.1. The minimum atomic E-state index is -0.650. The van der Waals surface area contributed by atoms with E-state index >= 15 is 0 Å². The van der Waals surface area contributed by atoms with Crippen LogP contribution in [-0.2, 0) is 9.53 Å². The summed E-state index contributed by atoms with van der Waals surface area (Å²) < 4.78 is 18.4. The molecule has 4 rings (SSSR count). The molecule has 0 unspecified atom stereocenters. The molecule has 0 saturated heterocycles. The summed E-state index contributed by atoms with van der Waals surface area (Å²) in [5.74, 6) is 0.997. The van der Waals surface area contributed by atoms with Gasteiger partial charge in [-0.25, -0.2) is 9.79 Å². The van der Waals surface area contributed by atoms with Crippen LogP contribution in [0, 0.1) is 0 Å². The molecule has 0 fully saturated rings. The zero-order valence-corrected chi connectivity index (χ0v) is 21.1. The molecule has 2 aromatic carbocycles. The Bertz CT molecular complexity index is 1420. The van der Waals surface area contributed by atoms with E-state index in [1.54, 1.807) is 25.5 Å². The number of benzene rings is 2. The summed E-state index contributed by atoms with van der Waals surface area (Å²) in [5, 5.41) is 0. The van der Waals surface area contributed by atoms with Crippen molar-refractivity contribution in [2.24, 2.45) is 4.99 Å². The third-order valence-electron chi connectivity index (χ3n) is 5.60. The first-order valence-electron chi connectivity index (χ1n) is 11.5. The molecule has 0 bridgehead atoms. The highest BCUT2D eigenvalue weighted by Crippen LogP contribution is 2.31. The SMILES string of the molecule is CCCOc1ccc(/C=c2\sc3n(c2=O)[C@H](c2ccc(OC)cc2)C(C(=O)OCC)=C(C)N=3)cc1. The molecule has 1 aliphatic heterocycles. The van der Waals surface area contributed by atoms with E-state index in [1.807, 2.05) is 54.6 Å². The van der Waals surface area contributed by atoms with Gasteiger partial charge in [0.1, 0.15) is 11.5 Å². The fraction of sp³-hybridized carbons (Fsp3) is 0.296. The maximum absolute atomic E-state index is 13.6. The fourth-order valence-corrected chi connectivity index (χ4v) is 4.97. The van der Waals surface area contributed by atoms with Gasteiger partial charge in [0, 0.05) is 0 Å². The van der Waals surface area contributed by atoms with Crippen molar-refractivity contribution >= 4 is 23.4 Å². The normalized spacial score (nSPS) is 15.4. The zero-order valence-electron chi connectivity index (χ0n) is 20.2. The summed E-state index contributed by atoms with van der Waals surface area (Å²) in [6.07, 6.45) is 2.77. The summed E-state index contributed by atoms with van der Waals surface area (Å²) in [4.78, 5) is 31.7. The Balaban J connectivity index is 1.83. The number of carbonyl (C=O) groups is 1. The van der Waals surface area contributed by atoms with Gasteiger partial charge in [-0.3, -0.25) is 9.36 Å². The summed E-state index contributed by atoms with van der Waals surface area (Å²) in [7, 11) is 1.59. The van der Waals surface area contributed by atoms with Crippen LogP contribution in [0.3, 0.4) is 0 Å². The van der Waals surface area contributed by atoms with Crippen LogP contribution in [0.15, 0.2) is 69.6 Å². The lowest BCUT2D eigenvalue weighted by molar-refractivity contribution is -0.139. The highest BCUT2D eigenvalue weighted by molar-refractivity contribution is 7.07.